The standard InChI is InChI=1S/C19H20N2O4S2/c1-3-21-16-6-4-5-7-17(16)26-19(21)20-18(22)12-13-27(23,24)15-10-8-14(25-2)9-11-15/h4-11H,3,12-13H2,1-2H3. The van der Waals surface area contributed by atoms with Crippen molar-refractivity contribution in [3.63, 3.8) is 0 Å². The van der Waals surface area contributed by atoms with Crippen LogP contribution in [0.3, 0.4) is 0 Å². The lowest BCUT2D eigenvalue weighted by Crippen LogP contribution is -2.17. The second-order valence-corrected chi connectivity index (χ2v) is 8.96. The molecule has 0 saturated heterocycles. The number of hydrogen-bond donors (Lipinski definition) is 0. The fourth-order valence-electron chi connectivity index (χ4n) is 2.70. The van der Waals surface area contributed by atoms with Crippen molar-refractivity contribution in [1.29, 1.82) is 0 Å². The predicted molar refractivity (Wildman–Crippen MR) is 106 cm³/mol. The van der Waals surface area contributed by atoms with Crippen LogP contribution >= 0.6 is 11.3 Å². The van der Waals surface area contributed by atoms with Crippen LogP contribution in [0.15, 0.2) is 58.4 Å². The van der Waals surface area contributed by atoms with E-state index in [9.17, 15) is 13.2 Å². The second kappa shape index (κ2) is 8.06. The summed E-state index contributed by atoms with van der Waals surface area (Å²) in [6.07, 6.45) is -0.160. The number of para-hydroxylation sites is 1. The highest BCUT2D eigenvalue weighted by molar-refractivity contribution is 7.91. The maximum atomic E-state index is 12.4. The van der Waals surface area contributed by atoms with Gasteiger partial charge in [-0.15, -0.1) is 0 Å². The van der Waals surface area contributed by atoms with Gasteiger partial charge in [0.2, 0.25) is 5.91 Å². The van der Waals surface area contributed by atoms with E-state index in [2.05, 4.69) is 4.99 Å². The van der Waals surface area contributed by atoms with Gasteiger partial charge in [0.05, 0.1) is 28.0 Å². The van der Waals surface area contributed by atoms with E-state index < -0.39 is 15.7 Å². The molecule has 0 spiro atoms. The van der Waals surface area contributed by atoms with Crippen LogP contribution in [-0.4, -0.2) is 31.8 Å². The Kier molecular flexibility index (Phi) is 5.76. The first-order valence-corrected chi connectivity index (χ1v) is 10.9. The molecule has 27 heavy (non-hydrogen) atoms. The number of rotatable bonds is 6. The fraction of sp³-hybridized carbons (Fsp3) is 0.263. The largest absolute Gasteiger partial charge is 0.497 e. The molecule has 6 nitrogen and oxygen atoms in total. The molecular weight excluding hydrogens is 384 g/mol. The minimum atomic E-state index is -3.55. The van der Waals surface area contributed by atoms with Crippen molar-refractivity contribution < 1.29 is 17.9 Å². The topological polar surface area (TPSA) is 77.7 Å². The molecule has 0 radical (unpaired) electrons. The van der Waals surface area contributed by atoms with E-state index in [0.717, 1.165) is 10.2 Å². The minimum Gasteiger partial charge on any atom is -0.497 e. The second-order valence-electron chi connectivity index (χ2n) is 5.85. The number of fused-ring (bicyclic) bond motifs is 1. The fourth-order valence-corrected chi connectivity index (χ4v) is 5.04. The van der Waals surface area contributed by atoms with Crippen molar-refractivity contribution in [2.45, 2.75) is 24.8 Å². The molecule has 1 aromatic heterocycles. The number of ether oxygens (including phenoxy) is 1. The normalized spacial score (nSPS) is 12.4. The Morgan fingerprint density at radius 2 is 1.85 bits per heavy atom. The van der Waals surface area contributed by atoms with Crippen LogP contribution in [0.5, 0.6) is 5.75 Å². The first-order valence-electron chi connectivity index (χ1n) is 8.47. The molecule has 0 bridgehead atoms. The van der Waals surface area contributed by atoms with Crippen LogP contribution in [0.1, 0.15) is 13.3 Å². The Morgan fingerprint density at radius 3 is 2.52 bits per heavy atom. The number of nitrogens with zero attached hydrogens (tertiary/aromatic N) is 2. The zero-order chi connectivity index (χ0) is 19.4. The molecule has 0 atom stereocenters. The van der Waals surface area contributed by atoms with E-state index in [-0.39, 0.29) is 17.1 Å². The van der Waals surface area contributed by atoms with Crippen LogP contribution in [-0.2, 0) is 21.2 Å². The third kappa shape index (κ3) is 4.28. The Balaban J connectivity index is 1.78. The lowest BCUT2D eigenvalue weighted by atomic mass is 10.3. The van der Waals surface area contributed by atoms with E-state index in [4.69, 9.17) is 4.74 Å². The van der Waals surface area contributed by atoms with Gasteiger partial charge in [0, 0.05) is 13.0 Å². The molecule has 0 aliphatic heterocycles. The van der Waals surface area contributed by atoms with Gasteiger partial charge < -0.3 is 9.30 Å². The molecule has 2 aromatic carbocycles. The van der Waals surface area contributed by atoms with Crippen molar-refractivity contribution >= 4 is 37.3 Å². The lowest BCUT2D eigenvalue weighted by molar-refractivity contribution is -0.117. The molecule has 142 valence electrons. The highest BCUT2D eigenvalue weighted by atomic mass is 32.2. The SMILES string of the molecule is CCn1c(=NC(=O)CCS(=O)(=O)c2ccc(OC)cc2)sc2ccccc21. The van der Waals surface area contributed by atoms with Crippen molar-refractivity contribution in [3.8, 4) is 5.75 Å². The number of amides is 1. The monoisotopic (exact) mass is 404 g/mol. The number of hydrogen-bond acceptors (Lipinski definition) is 5. The third-order valence-corrected chi connectivity index (χ3v) is 6.92. The van der Waals surface area contributed by atoms with Crippen molar-refractivity contribution in [1.82, 2.24) is 4.57 Å². The van der Waals surface area contributed by atoms with Gasteiger partial charge in [-0.3, -0.25) is 4.79 Å². The molecule has 0 aliphatic carbocycles. The van der Waals surface area contributed by atoms with E-state index in [1.54, 1.807) is 12.1 Å². The zero-order valence-corrected chi connectivity index (χ0v) is 16.7. The predicted octanol–water partition coefficient (Wildman–Crippen LogP) is 3.02. The van der Waals surface area contributed by atoms with Crippen molar-refractivity contribution in [2.24, 2.45) is 4.99 Å². The molecule has 0 unspecified atom stereocenters. The summed E-state index contributed by atoms with van der Waals surface area (Å²) < 4.78 is 32.9. The van der Waals surface area contributed by atoms with Gasteiger partial charge in [-0.25, -0.2) is 8.42 Å². The number of aryl methyl sites for hydroxylation is 1. The highest BCUT2D eigenvalue weighted by Crippen LogP contribution is 2.18. The summed E-state index contributed by atoms with van der Waals surface area (Å²) in [6, 6.07) is 14.0. The van der Waals surface area contributed by atoms with Crippen LogP contribution < -0.4 is 9.54 Å². The van der Waals surface area contributed by atoms with Crippen LogP contribution in [0, 0.1) is 0 Å². The van der Waals surface area contributed by atoms with Crippen LogP contribution in [0.2, 0.25) is 0 Å². The lowest BCUT2D eigenvalue weighted by Gasteiger charge is -2.04. The molecular formula is C19H20N2O4S2. The average Bonchev–Trinajstić information content (AvgIpc) is 3.03. The van der Waals surface area contributed by atoms with Crippen molar-refractivity contribution in [3.05, 3.63) is 53.3 Å². The molecule has 1 heterocycles. The van der Waals surface area contributed by atoms with Crippen molar-refractivity contribution in [2.75, 3.05) is 12.9 Å². The maximum Gasteiger partial charge on any atom is 0.249 e. The third-order valence-electron chi connectivity index (χ3n) is 4.13. The summed E-state index contributed by atoms with van der Waals surface area (Å²) in [5, 5.41) is 0. The molecule has 1 amide bonds. The van der Waals surface area contributed by atoms with Gasteiger partial charge in [-0.05, 0) is 43.3 Å². The van der Waals surface area contributed by atoms with E-state index in [0.29, 0.717) is 17.1 Å². The van der Waals surface area contributed by atoms with Gasteiger partial charge in [-0.2, -0.15) is 4.99 Å². The summed E-state index contributed by atoms with van der Waals surface area (Å²) in [4.78, 5) is 17.2. The number of aromatic nitrogens is 1. The zero-order valence-electron chi connectivity index (χ0n) is 15.1. The van der Waals surface area contributed by atoms with Gasteiger partial charge >= 0.3 is 0 Å². The Labute approximate surface area is 161 Å². The first-order chi connectivity index (χ1) is 12.9. The Hall–Kier alpha value is -2.45. The van der Waals surface area contributed by atoms with E-state index in [1.807, 2.05) is 35.8 Å². The van der Waals surface area contributed by atoms with Crippen LogP contribution in [0.25, 0.3) is 10.2 Å². The molecule has 0 saturated carbocycles. The van der Waals surface area contributed by atoms with Gasteiger partial charge in [0.25, 0.3) is 0 Å². The summed E-state index contributed by atoms with van der Waals surface area (Å²) in [7, 11) is -2.04. The summed E-state index contributed by atoms with van der Waals surface area (Å²) in [6.45, 7) is 2.66. The smallest absolute Gasteiger partial charge is 0.249 e. The summed E-state index contributed by atoms with van der Waals surface area (Å²) in [5.74, 6) is -0.145. The minimum absolute atomic E-state index is 0.160. The van der Waals surface area contributed by atoms with E-state index in [1.165, 1.54) is 30.6 Å². The summed E-state index contributed by atoms with van der Waals surface area (Å²) >= 11 is 1.42. The highest BCUT2D eigenvalue weighted by Gasteiger charge is 2.17. The van der Waals surface area contributed by atoms with Gasteiger partial charge in [-0.1, -0.05) is 23.5 Å². The number of carbonyl (C=O) groups is 1. The number of carbonyl (C=O) groups excluding carboxylic acids is 1. The molecule has 0 N–H and O–H groups in total. The number of methoxy groups -OCH3 is 1. The average molecular weight is 405 g/mol. The quantitative estimate of drug-likeness (QED) is 0.633. The maximum absolute atomic E-state index is 12.4. The van der Waals surface area contributed by atoms with Gasteiger partial charge in [0.15, 0.2) is 14.6 Å². The number of sulfone groups is 1. The number of benzene rings is 2. The Morgan fingerprint density at radius 1 is 1.15 bits per heavy atom. The molecule has 0 aliphatic rings. The Bertz CT molecular complexity index is 1130. The molecule has 0 fully saturated rings. The molecule has 3 rings (SSSR count). The molecule has 3 aromatic rings. The number of thiazole rings is 1. The van der Waals surface area contributed by atoms with E-state index >= 15 is 0 Å². The summed E-state index contributed by atoms with van der Waals surface area (Å²) in [5.41, 5.74) is 1.02. The first kappa shape index (κ1) is 19.3. The molecule has 8 heteroatoms. The van der Waals surface area contributed by atoms with Crippen LogP contribution in [0.4, 0.5) is 0 Å². The van der Waals surface area contributed by atoms with Gasteiger partial charge in [0.1, 0.15) is 5.75 Å².